The smallest absolute Gasteiger partial charge is 0.162 e. The van der Waals surface area contributed by atoms with Crippen molar-refractivity contribution in [3.63, 3.8) is 0 Å². The molecule has 0 heterocycles. The molecule has 0 saturated heterocycles. The Bertz CT molecular complexity index is 196. The van der Waals surface area contributed by atoms with Crippen LogP contribution < -0.4 is 0 Å². The first-order valence-corrected chi connectivity index (χ1v) is 4.24. The molecule has 2 saturated carbocycles. The Morgan fingerprint density at radius 3 is 2.55 bits per heavy atom. The van der Waals surface area contributed by atoms with Crippen LogP contribution in [0.3, 0.4) is 0 Å². The number of methoxy groups -OCH3 is 1. The molecule has 0 N–H and O–H groups in total. The highest BCUT2D eigenvalue weighted by molar-refractivity contribution is 5.91. The molecule has 0 amide bonds. The predicted molar refractivity (Wildman–Crippen MR) is 41.3 cm³/mol. The molecule has 2 rings (SSSR count). The van der Waals surface area contributed by atoms with E-state index in [0.29, 0.717) is 5.78 Å². The first-order valence-electron chi connectivity index (χ1n) is 4.24. The van der Waals surface area contributed by atoms with Gasteiger partial charge in [-0.05, 0) is 18.8 Å². The predicted octanol–water partition coefficient (Wildman–Crippen LogP) is 1.39. The van der Waals surface area contributed by atoms with E-state index >= 15 is 0 Å². The van der Waals surface area contributed by atoms with Gasteiger partial charge in [0, 0.05) is 18.9 Å². The van der Waals surface area contributed by atoms with Gasteiger partial charge in [-0.25, -0.2) is 0 Å². The second-order valence-corrected chi connectivity index (χ2v) is 4.04. The monoisotopic (exact) mass is 154 g/mol. The molecule has 2 fully saturated rings. The molecule has 0 aromatic rings. The van der Waals surface area contributed by atoms with Crippen LogP contribution in [0.5, 0.6) is 0 Å². The molecule has 0 aromatic carbocycles. The van der Waals surface area contributed by atoms with E-state index in [2.05, 4.69) is 6.92 Å². The highest BCUT2D eigenvalue weighted by Gasteiger charge is 2.58. The molecule has 62 valence electrons. The number of hydrogen-bond donors (Lipinski definition) is 0. The van der Waals surface area contributed by atoms with Gasteiger partial charge < -0.3 is 4.74 Å². The lowest BCUT2D eigenvalue weighted by Gasteiger charge is -2.44. The Hall–Kier alpha value is -0.370. The zero-order chi connectivity index (χ0) is 8.06. The maximum atomic E-state index is 11.1. The Labute approximate surface area is 66.9 Å². The third-order valence-corrected chi connectivity index (χ3v) is 3.19. The molecule has 0 aliphatic heterocycles. The summed E-state index contributed by atoms with van der Waals surface area (Å²) < 4.78 is 5.17. The lowest BCUT2D eigenvalue weighted by molar-refractivity contribution is -0.160. The van der Waals surface area contributed by atoms with Crippen molar-refractivity contribution in [2.24, 2.45) is 11.3 Å². The number of ketones is 1. The van der Waals surface area contributed by atoms with Gasteiger partial charge in [-0.15, -0.1) is 0 Å². The first kappa shape index (κ1) is 7.29. The summed E-state index contributed by atoms with van der Waals surface area (Å²) in [5.74, 6) is 1.06. The molecule has 2 heteroatoms. The van der Waals surface area contributed by atoms with Gasteiger partial charge in [-0.1, -0.05) is 6.92 Å². The Morgan fingerprint density at radius 2 is 2.18 bits per heavy atom. The van der Waals surface area contributed by atoms with Crippen LogP contribution in [0, 0.1) is 11.3 Å². The highest BCUT2D eigenvalue weighted by Crippen LogP contribution is 2.56. The minimum absolute atomic E-state index is 0.0880. The molecular formula is C9H14O2. The fraction of sp³-hybridized carbons (Fsp3) is 0.889. The third-order valence-electron chi connectivity index (χ3n) is 3.19. The van der Waals surface area contributed by atoms with Crippen molar-refractivity contribution in [1.82, 2.24) is 0 Å². The molecule has 2 aliphatic carbocycles. The van der Waals surface area contributed by atoms with Crippen LogP contribution in [-0.2, 0) is 9.53 Å². The molecule has 0 aromatic heterocycles. The average molecular weight is 154 g/mol. The quantitative estimate of drug-likeness (QED) is 0.600. The summed E-state index contributed by atoms with van der Waals surface area (Å²) >= 11 is 0. The Balaban J connectivity index is 2.09. The second kappa shape index (κ2) is 2.07. The van der Waals surface area contributed by atoms with Crippen molar-refractivity contribution in [3.8, 4) is 0 Å². The number of Topliss-reactive ketones (excluding diaryl/α,β-unsaturated/α-hetero) is 1. The number of carbonyl (C=O) groups excluding carboxylic acids is 1. The molecule has 0 bridgehead atoms. The van der Waals surface area contributed by atoms with E-state index in [9.17, 15) is 4.79 Å². The van der Waals surface area contributed by atoms with Crippen LogP contribution in [0.1, 0.15) is 26.2 Å². The van der Waals surface area contributed by atoms with Gasteiger partial charge in [0.25, 0.3) is 0 Å². The summed E-state index contributed by atoms with van der Waals surface area (Å²) in [5.41, 5.74) is 0.200. The van der Waals surface area contributed by atoms with E-state index in [4.69, 9.17) is 4.74 Å². The summed E-state index contributed by atoms with van der Waals surface area (Å²) in [6.45, 7) is 2.18. The summed E-state index contributed by atoms with van der Waals surface area (Å²) in [7, 11) is 1.64. The zero-order valence-electron chi connectivity index (χ0n) is 7.09. The first-order chi connectivity index (χ1) is 5.18. The van der Waals surface area contributed by atoms with Crippen molar-refractivity contribution in [3.05, 3.63) is 0 Å². The fourth-order valence-electron chi connectivity index (χ4n) is 2.30. The largest absolute Gasteiger partial charge is 0.373 e. The minimum atomic E-state index is -0.0880. The molecule has 2 atom stereocenters. The van der Waals surface area contributed by atoms with Crippen LogP contribution in [0.25, 0.3) is 0 Å². The van der Waals surface area contributed by atoms with Gasteiger partial charge >= 0.3 is 0 Å². The Kier molecular flexibility index (Phi) is 1.37. The van der Waals surface area contributed by atoms with Crippen LogP contribution in [0.2, 0.25) is 0 Å². The van der Waals surface area contributed by atoms with Gasteiger partial charge in [0.15, 0.2) is 5.78 Å². The molecule has 2 aliphatic rings. The molecule has 2 nitrogen and oxygen atoms in total. The van der Waals surface area contributed by atoms with Crippen LogP contribution >= 0.6 is 0 Å². The molecule has 2 unspecified atom stereocenters. The van der Waals surface area contributed by atoms with Crippen molar-refractivity contribution < 1.29 is 9.53 Å². The molecule has 0 radical (unpaired) electrons. The lowest BCUT2D eigenvalue weighted by Crippen LogP contribution is -2.53. The number of rotatable bonds is 2. The van der Waals surface area contributed by atoms with Crippen LogP contribution in [-0.4, -0.2) is 19.0 Å². The highest BCUT2D eigenvalue weighted by atomic mass is 16.5. The standard InChI is InChI=1S/C9H14O2/c1-9(6-3-4-6)5-7(10)8(9)11-2/h6,8H,3-5H2,1-2H3. The number of hydrogen-bond acceptors (Lipinski definition) is 2. The van der Waals surface area contributed by atoms with E-state index in [1.165, 1.54) is 12.8 Å². The van der Waals surface area contributed by atoms with Gasteiger partial charge in [0.1, 0.15) is 6.10 Å². The van der Waals surface area contributed by atoms with E-state index in [0.717, 1.165) is 12.3 Å². The SMILES string of the molecule is COC1C(=O)CC1(C)C1CC1. The van der Waals surface area contributed by atoms with Gasteiger partial charge in [-0.2, -0.15) is 0 Å². The maximum absolute atomic E-state index is 11.1. The van der Waals surface area contributed by atoms with Gasteiger partial charge in [0.05, 0.1) is 0 Å². The van der Waals surface area contributed by atoms with E-state index < -0.39 is 0 Å². The lowest BCUT2D eigenvalue weighted by atomic mass is 9.63. The summed E-state index contributed by atoms with van der Waals surface area (Å²) in [6, 6.07) is 0. The normalized spacial score (nSPS) is 43.8. The van der Waals surface area contributed by atoms with Crippen molar-refractivity contribution in [2.75, 3.05) is 7.11 Å². The zero-order valence-corrected chi connectivity index (χ0v) is 7.09. The summed E-state index contributed by atoms with van der Waals surface area (Å²) in [4.78, 5) is 11.1. The van der Waals surface area contributed by atoms with Crippen LogP contribution in [0.4, 0.5) is 0 Å². The summed E-state index contributed by atoms with van der Waals surface area (Å²) in [6.07, 6.45) is 3.25. The molecule has 11 heavy (non-hydrogen) atoms. The van der Waals surface area contributed by atoms with Crippen LogP contribution in [0.15, 0.2) is 0 Å². The van der Waals surface area contributed by atoms with Crippen molar-refractivity contribution in [1.29, 1.82) is 0 Å². The van der Waals surface area contributed by atoms with E-state index in [-0.39, 0.29) is 11.5 Å². The molecule has 0 spiro atoms. The second-order valence-electron chi connectivity index (χ2n) is 4.04. The topological polar surface area (TPSA) is 26.3 Å². The molecular weight excluding hydrogens is 140 g/mol. The number of carbonyl (C=O) groups is 1. The average Bonchev–Trinajstić information content (AvgIpc) is 2.67. The summed E-state index contributed by atoms with van der Waals surface area (Å²) in [5, 5.41) is 0. The fourth-order valence-corrected chi connectivity index (χ4v) is 2.30. The maximum Gasteiger partial charge on any atom is 0.162 e. The number of ether oxygens (including phenoxy) is 1. The van der Waals surface area contributed by atoms with E-state index in [1.54, 1.807) is 7.11 Å². The van der Waals surface area contributed by atoms with Gasteiger partial charge in [0.2, 0.25) is 0 Å². The van der Waals surface area contributed by atoms with Crippen molar-refractivity contribution >= 4 is 5.78 Å². The van der Waals surface area contributed by atoms with E-state index in [1.807, 2.05) is 0 Å². The minimum Gasteiger partial charge on any atom is -0.373 e. The van der Waals surface area contributed by atoms with Crippen molar-refractivity contribution in [2.45, 2.75) is 32.3 Å². The Morgan fingerprint density at radius 1 is 1.55 bits per heavy atom. The van der Waals surface area contributed by atoms with Gasteiger partial charge in [-0.3, -0.25) is 4.79 Å². The third kappa shape index (κ3) is 0.853.